The summed E-state index contributed by atoms with van der Waals surface area (Å²) in [5.41, 5.74) is 1.27. The number of carbonyl (C=O) groups excluding carboxylic acids is 1. The van der Waals surface area contributed by atoms with Crippen LogP contribution in [0.2, 0.25) is 0 Å². The number of aryl methyl sites for hydroxylation is 1. The lowest BCUT2D eigenvalue weighted by atomic mass is 10.1. The Bertz CT molecular complexity index is 522. The molecule has 0 saturated carbocycles. The number of methoxy groups -OCH3 is 1. The number of hydrogen-bond acceptors (Lipinski definition) is 6. The Morgan fingerprint density at radius 3 is 2.52 bits per heavy atom. The number of aromatic nitrogens is 1. The second-order valence-corrected chi connectivity index (χ2v) is 5.63. The van der Waals surface area contributed by atoms with Crippen LogP contribution < -0.4 is 10.2 Å². The largest absolute Gasteiger partial charge is 0.465 e. The number of piperazine rings is 1. The number of hydrogen-bond donors (Lipinski definition) is 1. The minimum atomic E-state index is -0.325. The fourth-order valence-electron chi connectivity index (χ4n) is 2.90. The van der Waals surface area contributed by atoms with E-state index in [4.69, 9.17) is 4.74 Å². The number of rotatable bonds is 3. The minimum absolute atomic E-state index is 0.325. The molecule has 0 spiro atoms. The van der Waals surface area contributed by atoms with Crippen molar-refractivity contribution in [2.75, 3.05) is 51.3 Å². The molecule has 0 atom stereocenters. The van der Waals surface area contributed by atoms with Crippen molar-refractivity contribution in [1.29, 1.82) is 0 Å². The Morgan fingerprint density at radius 1 is 1.29 bits per heavy atom. The van der Waals surface area contributed by atoms with Crippen LogP contribution in [0.15, 0.2) is 12.1 Å². The average Bonchev–Trinajstić information content (AvgIpc) is 2.45. The first kappa shape index (κ1) is 14.3. The number of nitrogens with one attached hydrogen (secondary N) is 1. The van der Waals surface area contributed by atoms with E-state index in [0.717, 1.165) is 50.8 Å². The Hall–Kier alpha value is -1.66. The first-order valence-electron chi connectivity index (χ1n) is 7.44. The summed E-state index contributed by atoms with van der Waals surface area (Å²) >= 11 is 0. The Kier molecular flexibility index (Phi) is 4.07. The number of esters is 1. The van der Waals surface area contributed by atoms with Crippen LogP contribution in [0.25, 0.3) is 0 Å². The third kappa shape index (κ3) is 2.87. The number of pyridine rings is 1. The van der Waals surface area contributed by atoms with Crippen LogP contribution in [0.4, 0.5) is 5.82 Å². The van der Waals surface area contributed by atoms with E-state index in [1.807, 2.05) is 19.1 Å². The molecule has 2 aliphatic rings. The highest BCUT2D eigenvalue weighted by molar-refractivity contribution is 5.90. The molecule has 2 saturated heterocycles. The van der Waals surface area contributed by atoms with E-state index in [-0.39, 0.29) is 5.97 Å². The minimum Gasteiger partial charge on any atom is -0.465 e. The number of anilines is 1. The van der Waals surface area contributed by atoms with Crippen LogP contribution in [0.5, 0.6) is 0 Å². The smallest absolute Gasteiger partial charge is 0.339 e. The first-order valence-corrected chi connectivity index (χ1v) is 7.44. The predicted octanol–water partition coefficient (Wildman–Crippen LogP) is 0.270. The Morgan fingerprint density at radius 2 is 2.00 bits per heavy atom. The van der Waals surface area contributed by atoms with Gasteiger partial charge >= 0.3 is 5.97 Å². The SMILES string of the molecule is COC(=O)c1ccc(N2CCN(C3CNC3)CC2)nc1C. The normalized spacial score (nSPS) is 20.2. The van der Waals surface area contributed by atoms with Gasteiger partial charge in [-0.25, -0.2) is 9.78 Å². The fourth-order valence-corrected chi connectivity index (χ4v) is 2.90. The van der Waals surface area contributed by atoms with Crippen molar-refractivity contribution in [2.24, 2.45) is 0 Å². The molecule has 1 aromatic rings. The lowest BCUT2D eigenvalue weighted by molar-refractivity contribution is 0.0599. The highest BCUT2D eigenvalue weighted by atomic mass is 16.5. The molecule has 3 rings (SSSR count). The van der Waals surface area contributed by atoms with E-state index in [9.17, 15) is 4.79 Å². The summed E-state index contributed by atoms with van der Waals surface area (Å²) in [7, 11) is 1.39. The summed E-state index contributed by atoms with van der Waals surface area (Å²) in [4.78, 5) is 21.0. The Labute approximate surface area is 125 Å². The van der Waals surface area contributed by atoms with Crippen LogP contribution >= 0.6 is 0 Å². The summed E-state index contributed by atoms with van der Waals surface area (Å²) in [6, 6.07) is 4.44. The zero-order valence-corrected chi connectivity index (χ0v) is 12.6. The van der Waals surface area contributed by atoms with Gasteiger partial charge in [-0.2, -0.15) is 0 Å². The topological polar surface area (TPSA) is 57.7 Å². The van der Waals surface area contributed by atoms with Gasteiger partial charge in [0.15, 0.2) is 0 Å². The number of carbonyl (C=O) groups is 1. The van der Waals surface area contributed by atoms with Gasteiger partial charge in [0.25, 0.3) is 0 Å². The van der Waals surface area contributed by atoms with Crippen molar-refractivity contribution >= 4 is 11.8 Å². The van der Waals surface area contributed by atoms with Crippen LogP contribution in [0.1, 0.15) is 16.1 Å². The van der Waals surface area contributed by atoms with Gasteiger partial charge in [-0.1, -0.05) is 0 Å². The maximum atomic E-state index is 11.6. The zero-order chi connectivity index (χ0) is 14.8. The molecule has 2 fully saturated rings. The third-order valence-corrected chi connectivity index (χ3v) is 4.39. The molecule has 6 nitrogen and oxygen atoms in total. The molecule has 6 heteroatoms. The maximum Gasteiger partial charge on any atom is 0.339 e. The zero-order valence-electron chi connectivity index (χ0n) is 12.6. The monoisotopic (exact) mass is 290 g/mol. The molecule has 1 N–H and O–H groups in total. The maximum absolute atomic E-state index is 11.6. The lowest BCUT2D eigenvalue weighted by Crippen LogP contribution is -2.61. The molecule has 0 unspecified atom stereocenters. The van der Waals surface area contributed by atoms with Gasteiger partial charge in [0.1, 0.15) is 5.82 Å². The van der Waals surface area contributed by atoms with Crippen LogP contribution in [0.3, 0.4) is 0 Å². The third-order valence-electron chi connectivity index (χ3n) is 4.39. The van der Waals surface area contributed by atoms with E-state index < -0.39 is 0 Å². The molecule has 21 heavy (non-hydrogen) atoms. The van der Waals surface area contributed by atoms with Crippen molar-refractivity contribution in [3.63, 3.8) is 0 Å². The van der Waals surface area contributed by atoms with Crippen molar-refractivity contribution in [3.05, 3.63) is 23.4 Å². The van der Waals surface area contributed by atoms with E-state index in [1.165, 1.54) is 7.11 Å². The lowest BCUT2D eigenvalue weighted by Gasteiger charge is -2.43. The molecule has 0 aromatic carbocycles. The predicted molar refractivity (Wildman–Crippen MR) is 80.8 cm³/mol. The molecule has 2 aliphatic heterocycles. The van der Waals surface area contributed by atoms with Gasteiger partial charge in [-0.15, -0.1) is 0 Å². The Balaban J connectivity index is 1.65. The van der Waals surface area contributed by atoms with E-state index in [0.29, 0.717) is 11.6 Å². The number of nitrogens with zero attached hydrogens (tertiary/aromatic N) is 3. The fraction of sp³-hybridized carbons (Fsp3) is 0.600. The summed E-state index contributed by atoms with van der Waals surface area (Å²) in [6.07, 6.45) is 0. The van der Waals surface area contributed by atoms with Crippen molar-refractivity contribution in [3.8, 4) is 0 Å². The molecular weight excluding hydrogens is 268 g/mol. The number of ether oxygens (including phenoxy) is 1. The van der Waals surface area contributed by atoms with Gasteiger partial charge in [0, 0.05) is 45.3 Å². The molecule has 3 heterocycles. The van der Waals surface area contributed by atoms with Gasteiger partial charge < -0.3 is 15.0 Å². The second-order valence-electron chi connectivity index (χ2n) is 5.63. The molecule has 0 bridgehead atoms. The first-order chi connectivity index (χ1) is 10.2. The summed E-state index contributed by atoms with van der Waals surface area (Å²) in [6.45, 7) is 8.21. The van der Waals surface area contributed by atoms with Gasteiger partial charge in [-0.05, 0) is 19.1 Å². The summed E-state index contributed by atoms with van der Waals surface area (Å²) in [5.74, 6) is 0.625. The van der Waals surface area contributed by atoms with E-state index in [2.05, 4.69) is 20.1 Å². The van der Waals surface area contributed by atoms with Crippen molar-refractivity contribution in [1.82, 2.24) is 15.2 Å². The quantitative estimate of drug-likeness (QED) is 0.807. The molecule has 1 aromatic heterocycles. The molecule has 0 radical (unpaired) electrons. The average molecular weight is 290 g/mol. The second kappa shape index (κ2) is 5.99. The van der Waals surface area contributed by atoms with Crippen molar-refractivity contribution in [2.45, 2.75) is 13.0 Å². The highest BCUT2D eigenvalue weighted by Crippen LogP contribution is 2.18. The van der Waals surface area contributed by atoms with Gasteiger partial charge in [-0.3, -0.25) is 4.90 Å². The standard InChI is InChI=1S/C15H22N4O2/c1-11-13(15(20)21-2)3-4-14(17-11)19-7-5-18(6-8-19)12-9-16-10-12/h3-4,12,16H,5-10H2,1-2H3. The van der Waals surface area contributed by atoms with Crippen molar-refractivity contribution < 1.29 is 9.53 Å². The molecule has 0 aliphatic carbocycles. The highest BCUT2D eigenvalue weighted by Gasteiger charge is 2.28. The summed E-state index contributed by atoms with van der Waals surface area (Å²) < 4.78 is 4.76. The van der Waals surface area contributed by atoms with E-state index in [1.54, 1.807) is 0 Å². The van der Waals surface area contributed by atoms with Gasteiger partial charge in [0.05, 0.1) is 18.4 Å². The van der Waals surface area contributed by atoms with Crippen LogP contribution in [-0.2, 0) is 4.74 Å². The summed E-state index contributed by atoms with van der Waals surface area (Å²) in [5, 5.41) is 3.32. The molecule has 0 amide bonds. The molecule has 114 valence electrons. The molecular formula is C15H22N4O2. The van der Waals surface area contributed by atoms with Crippen LogP contribution in [0, 0.1) is 6.92 Å². The van der Waals surface area contributed by atoms with E-state index >= 15 is 0 Å². The van der Waals surface area contributed by atoms with Gasteiger partial charge in [0.2, 0.25) is 0 Å². The van der Waals surface area contributed by atoms with Crippen LogP contribution in [-0.4, -0.2) is 68.3 Å².